The minimum absolute atomic E-state index is 0.0479. The van der Waals surface area contributed by atoms with Gasteiger partial charge in [0.15, 0.2) is 5.65 Å². The summed E-state index contributed by atoms with van der Waals surface area (Å²) < 4.78 is 1.96. The zero-order valence-electron chi connectivity index (χ0n) is 20.2. The van der Waals surface area contributed by atoms with Crippen molar-refractivity contribution in [2.45, 2.75) is 86.1 Å². The van der Waals surface area contributed by atoms with Crippen molar-refractivity contribution >= 4 is 22.6 Å². The van der Waals surface area contributed by atoms with Gasteiger partial charge >= 0.3 is 0 Å². The van der Waals surface area contributed by atoms with Gasteiger partial charge < -0.3 is 5.32 Å². The molecule has 31 heavy (non-hydrogen) atoms. The van der Waals surface area contributed by atoms with Crippen molar-refractivity contribution in [2.75, 3.05) is 5.32 Å². The van der Waals surface area contributed by atoms with Gasteiger partial charge in [0.25, 0.3) is 0 Å². The van der Waals surface area contributed by atoms with E-state index in [0.29, 0.717) is 24.7 Å². The number of carbonyl (C=O) groups is 1. The number of carbonyl (C=O) groups excluding carboxylic acids is 1. The van der Waals surface area contributed by atoms with E-state index >= 15 is 0 Å². The van der Waals surface area contributed by atoms with Crippen LogP contribution in [0.1, 0.15) is 93.8 Å². The molecule has 3 rings (SSSR count). The lowest BCUT2D eigenvalue weighted by molar-refractivity contribution is -0.116. The highest BCUT2D eigenvalue weighted by molar-refractivity contribution is 5.93. The van der Waals surface area contributed by atoms with Crippen LogP contribution in [0.15, 0.2) is 24.4 Å². The molecule has 0 saturated carbocycles. The molecule has 1 N–H and O–H groups in total. The molecule has 0 aliphatic carbocycles. The summed E-state index contributed by atoms with van der Waals surface area (Å²) in [6.07, 6.45) is 2.99. The van der Waals surface area contributed by atoms with E-state index in [9.17, 15) is 4.79 Å². The molecule has 0 unspecified atom stereocenters. The smallest absolute Gasteiger partial charge is 0.224 e. The molecular weight excluding hydrogens is 384 g/mol. The zero-order chi connectivity index (χ0) is 22.9. The summed E-state index contributed by atoms with van der Waals surface area (Å²) in [7, 11) is 0. The van der Waals surface area contributed by atoms with Crippen LogP contribution in [0, 0.1) is 13.8 Å². The second-order valence-corrected chi connectivity index (χ2v) is 9.39. The van der Waals surface area contributed by atoms with E-state index < -0.39 is 0 Å². The fraction of sp³-hybridized carbons (Fsp3) is 0.500. The number of aryl methyl sites for hydroxylation is 2. The van der Waals surface area contributed by atoms with Gasteiger partial charge in [-0.05, 0) is 68.2 Å². The van der Waals surface area contributed by atoms with Gasteiger partial charge in [-0.15, -0.1) is 0 Å². The Hall–Kier alpha value is -2.69. The molecule has 1 amide bonds. The Balaban J connectivity index is 1.83. The van der Waals surface area contributed by atoms with E-state index in [4.69, 9.17) is 4.98 Å². The molecule has 0 fully saturated rings. The summed E-state index contributed by atoms with van der Waals surface area (Å²) in [5, 5.41) is 8.82. The fourth-order valence-electron chi connectivity index (χ4n) is 4.27. The Morgan fingerprint density at radius 1 is 1.03 bits per heavy atom. The van der Waals surface area contributed by atoms with Gasteiger partial charge in [0.05, 0.1) is 6.20 Å². The van der Waals surface area contributed by atoms with E-state index in [1.54, 1.807) is 0 Å². The molecule has 0 aliphatic heterocycles. The van der Waals surface area contributed by atoms with Gasteiger partial charge in [-0.25, -0.2) is 9.67 Å². The number of anilines is 1. The van der Waals surface area contributed by atoms with Crippen LogP contribution < -0.4 is 5.32 Å². The van der Waals surface area contributed by atoms with E-state index in [0.717, 1.165) is 28.0 Å². The largest absolute Gasteiger partial charge is 0.326 e. The molecule has 3 aromatic rings. The first-order valence-corrected chi connectivity index (χ1v) is 11.4. The number of hydrogen-bond donors (Lipinski definition) is 1. The van der Waals surface area contributed by atoms with Crippen LogP contribution >= 0.6 is 0 Å². The molecule has 0 bridgehead atoms. The first kappa shape index (κ1) is 23.0. The molecule has 0 atom stereocenters. The number of aromatic nitrogens is 3. The second kappa shape index (κ2) is 9.21. The maximum atomic E-state index is 13.0. The lowest BCUT2D eigenvalue weighted by Gasteiger charge is -2.20. The van der Waals surface area contributed by atoms with Crippen molar-refractivity contribution in [2.24, 2.45) is 0 Å². The van der Waals surface area contributed by atoms with Crippen LogP contribution in [0.5, 0.6) is 0 Å². The van der Waals surface area contributed by atoms with Crippen molar-refractivity contribution in [3.63, 3.8) is 0 Å². The normalized spacial score (nSPS) is 11.8. The molecule has 0 radical (unpaired) electrons. The maximum absolute atomic E-state index is 13.0. The van der Waals surface area contributed by atoms with Gasteiger partial charge in [-0.1, -0.05) is 45.9 Å². The molecular formula is C26H36N4O. The molecule has 166 valence electrons. The van der Waals surface area contributed by atoms with Gasteiger partial charge in [0.1, 0.15) is 0 Å². The minimum atomic E-state index is 0.0479. The monoisotopic (exact) mass is 420 g/mol. The van der Waals surface area contributed by atoms with Crippen molar-refractivity contribution in [3.05, 3.63) is 52.3 Å². The van der Waals surface area contributed by atoms with E-state index in [1.165, 1.54) is 16.7 Å². The Kier molecular flexibility index (Phi) is 6.83. The molecule has 5 heteroatoms. The number of rotatable bonds is 7. The van der Waals surface area contributed by atoms with Crippen LogP contribution in [0.4, 0.5) is 5.69 Å². The Morgan fingerprint density at radius 2 is 1.65 bits per heavy atom. The van der Waals surface area contributed by atoms with Crippen molar-refractivity contribution in [3.8, 4) is 0 Å². The van der Waals surface area contributed by atoms with Crippen LogP contribution in [0.25, 0.3) is 11.0 Å². The number of benzene rings is 1. The lowest BCUT2D eigenvalue weighted by atomic mass is 9.92. The summed E-state index contributed by atoms with van der Waals surface area (Å²) in [5.74, 6) is 0.747. The first-order chi connectivity index (χ1) is 14.6. The third-order valence-electron chi connectivity index (χ3n) is 6.06. The number of para-hydroxylation sites is 1. The third kappa shape index (κ3) is 4.65. The number of pyridine rings is 1. The number of fused-ring (bicyclic) bond motifs is 1. The van der Waals surface area contributed by atoms with Crippen LogP contribution in [0.3, 0.4) is 0 Å². The van der Waals surface area contributed by atoms with Crippen molar-refractivity contribution in [1.82, 2.24) is 14.8 Å². The predicted molar refractivity (Wildman–Crippen MR) is 129 cm³/mol. The fourth-order valence-corrected chi connectivity index (χ4v) is 4.27. The first-order valence-electron chi connectivity index (χ1n) is 11.4. The van der Waals surface area contributed by atoms with Crippen LogP contribution in [-0.2, 0) is 11.2 Å². The molecule has 1 aromatic carbocycles. The zero-order valence-corrected chi connectivity index (χ0v) is 20.2. The van der Waals surface area contributed by atoms with Crippen molar-refractivity contribution in [1.29, 1.82) is 0 Å². The van der Waals surface area contributed by atoms with E-state index in [2.05, 4.69) is 77.1 Å². The van der Waals surface area contributed by atoms with Gasteiger partial charge in [0.2, 0.25) is 5.91 Å². The summed E-state index contributed by atoms with van der Waals surface area (Å²) in [5.41, 5.74) is 7.58. The number of nitrogens with zero attached hydrogens (tertiary/aromatic N) is 3. The molecule has 2 aromatic heterocycles. The maximum Gasteiger partial charge on any atom is 0.224 e. The summed E-state index contributed by atoms with van der Waals surface area (Å²) in [4.78, 5) is 17.8. The lowest BCUT2D eigenvalue weighted by Crippen LogP contribution is -2.17. The molecule has 2 heterocycles. The highest BCUT2D eigenvalue weighted by Gasteiger charge is 2.18. The van der Waals surface area contributed by atoms with E-state index in [1.807, 2.05) is 17.8 Å². The Bertz CT molecular complexity index is 1070. The number of nitrogens with one attached hydrogen (secondary N) is 1. The Morgan fingerprint density at radius 3 is 2.19 bits per heavy atom. The third-order valence-corrected chi connectivity index (χ3v) is 6.06. The highest BCUT2D eigenvalue weighted by atomic mass is 16.1. The SMILES string of the molecule is Cc1nc2c(cnn2C(C)C)c(C)c1CCC(=O)Nc1c(C(C)C)cccc1C(C)C. The number of amides is 1. The standard InChI is InChI=1S/C26H36N4O/c1-15(2)20-10-9-11-21(16(3)4)25(20)29-24(31)13-12-22-18(7)23-14-27-30(17(5)6)26(23)28-19(22)8/h9-11,14-17H,12-13H2,1-8H3,(H,29,31). The summed E-state index contributed by atoms with van der Waals surface area (Å²) >= 11 is 0. The topological polar surface area (TPSA) is 59.8 Å². The van der Waals surface area contributed by atoms with Crippen molar-refractivity contribution < 1.29 is 4.79 Å². The minimum Gasteiger partial charge on any atom is -0.326 e. The highest BCUT2D eigenvalue weighted by Crippen LogP contribution is 2.32. The molecule has 5 nitrogen and oxygen atoms in total. The van der Waals surface area contributed by atoms with Gasteiger partial charge in [-0.2, -0.15) is 5.10 Å². The molecule has 0 aliphatic rings. The summed E-state index contributed by atoms with van der Waals surface area (Å²) in [6.45, 7) is 17.0. The second-order valence-electron chi connectivity index (χ2n) is 9.39. The molecule has 0 spiro atoms. The quantitative estimate of drug-likeness (QED) is 0.478. The van der Waals surface area contributed by atoms with Crippen LogP contribution in [0.2, 0.25) is 0 Å². The van der Waals surface area contributed by atoms with Crippen LogP contribution in [-0.4, -0.2) is 20.7 Å². The predicted octanol–water partition coefficient (Wildman–Crippen LogP) is 6.45. The van der Waals surface area contributed by atoms with Gasteiger partial charge in [0, 0.05) is 29.2 Å². The molecule has 0 saturated heterocycles. The summed E-state index contributed by atoms with van der Waals surface area (Å²) in [6, 6.07) is 6.58. The van der Waals surface area contributed by atoms with Gasteiger partial charge in [-0.3, -0.25) is 4.79 Å². The average Bonchev–Trinajstić information content (AvgIpc) is 3.11. The average molecular weight is 421 g/mol. The number of hydrogen-bond acceptors (Lipinski definition) is 3. The Labute approximate surface area is 186 Å². The van der Waals surface area contributed by atoms with E-state index in [-0.39, 0.29) is 11.9 Å².